The van der Waals surface area contributed by atoms with Crippen LogP contribution in [0.1, 0.15) is 73.7 Å². The van der Waals surface area contributed by atoms with Crippen LogP contribution < -0.4 is 0 Å². The Morgan fingerprint density at radius 1 is 1.10 bits per heavy atom. The number of nitrogens with zero attached hydrogens (tertiary/aromatic N) is 1. The van der Waals surface area contributed by atoms with Crippen LogP contribution in [0, 0.1) is 0 Å². The van der Waals surface area contributed by atoms with Gasteiger partial charge in [0.25, 0.3) is 0 Å². The molecule has 1 unspecified atom stereocenters. The molecular formula is C18H25NO2. The summed E-state index contributed by atoms with van der Waals surface area (Å²) in [5, 5.41) is 0. The van der Waals surface area contributed by atoms with Crippen molar-refractivity contribution >= 4 is 5.78 Å². The lowest BCUT2D eigenvalue weighted by atomic mass is 9.83. The van der Waals surface area contributed by atoms with Crippen molar-refractivity contribution in [3.05, 3.63) is 23.5 Å². The molecule has 3 heteroatoms. The molecule has 2 heterocycles. The monoisotopic (exact) mass is 287 g/mol. The largest absolute Gasteiger partial charge is 0.370 e. The highest BCUT2D eigenvalue weighted by Gasteiger charge is 2.40. The SMILES string of the molecule is O=C1CCCc2cn(CC3CCC4(CCCCC4)O3)cc21. The molecule has 1 aliphatic heterocycles. The van der Waals surface area contributed by atoms with E-state index in [9.17, 15) is 4.79 Å². The van der Waals surface area contributed by atoms with Gasteiger partial charge in [-0.15, -0.1) is 0 Å². The molecule has 4 rings (SSSR count). The zero-order valence-electron chi connectivity index (χ0n) is 12.8. The van der Waals surface area contributed by atoms with E-state index >= 15 is 0 Å². The molecule has 1 atom stereocenters. The molecule has 0 bridgehead atoms. The normalized spacial score (nSPS) is 28.0. The maximum atomic E-state index is 11.9. The molecule has 1 saturated carbocycles. The number of rotatable bonds is 2. The minimum Gasteiger partial charge on any atom is -0.370 e. The first kappa shape index (κ1) is 13.6. The molecule has 1 spiro atoms. The Morgan fingerprint density at radius 2 is 1.95 bits per heavy atom. The molecule has 1 aromatic heterocycles. The third-order valence-electron chi connectivity index (χ3n) is 5.63. The minimum absolute atomic E-state index is 0.200. The summed E-state index contributed by atoms with van der Waals surface area (Å²) < 4.78 is 8.66. The number of hydrogen-bond acceptors (Lipinski definition) is 2. The van der Waals surface area contributed by atoms with Crippen LogP contribution >= 0.6 is 0 Å². The maximum Gasteiger partial charge on any atom is 0.164 e. The van der Waals surface area contributed by atoms with Gasteiger partial charge in [0.05, 0.1) is 11.7 Å². The highest BCUT2D eigenvalue weighted by atomic mass is 16.5. The van der Waals surface area contributed by atoms with Gasteiger partial charge in [-0.1, -0.05) is 19.3 Å². The van der Waals surface area contributed by atoms with Crippen LogP contribution in [-0.2, 0) is 17.7 Å². The fourth-order valence-corrected chi connectivity index (χ4v) is 4.51. The van der Waals surface area contributed by atoms with Gasteiger partial charge in [0.15, 0.2) is 5.78 Å². The number of Topliss-reactive ketones (excluding diaryl/α,β-unsaturated/α-hetero) is 1. The summed E-state index contributed by atoms with van der Waals surface area (Å²) >= 11 is 0. The lowest BCUT2D eigenvalue weighted by molar-refractivity contribution is -0.0679. The zero-order chi connectivity index (χ0) is 14.3. The van der Waals surface area contributed by atoms with E-state index in [2.05, 4.69) is 17.0 Å². The van der Waals surface area contributed by atoms with Crippen molar-refractivity contribution < 1.29 is 9.53 Å². The van der Waals surface area contributed by atoms with Crippen molar-refractivity contribution in [2.75, 3.05) is 0 Å². The molecule has 1 aromatic rings. The molecule has 1 saturated heterocycles. The van der Waals surface area contributed by atoms with E-state index in [1.165, 1.54) is 50.5 Å². The van der Waals surface area contributed by atoms with Crippen LogP contribution in [0.25, 0.3) is 0 Å². The van der Waals surface area contributed by atoms with Gasteiger partial charge in [-0.25, -0.2) is 0 Å². The summed E-state index contributed by atoms with van der Waals surface area (Å²) in [7, 11) is 0. The number of aryl methyl sites for hydroxylation is 1. The average molecular weight is 287 g/mol. The zero-order valence-corrected chi connectivity index (χ0v) is 12.8. The predicted molar refractivity (Wildman–Crippen MR) is 81.6 cm³/mol. The van der Waals surface area contributed by atoms with Crippen molar-refractivity contribution in [3.63, 3.8) is 0 Å². The molecular weight excluding hydrogens is 262 g/mol. The standard InChI is InChI=1S/C18H25NO2/c20-17-6-4-5-14-11-19(13-16(14)17)12-15-7-10-18(21-15)8-2-1-3-9-18/h11,13,15H,1-10,12H2. The van der Waals surface area contributed by atoms with Gasteiger partial charge in [-0.05, 0) is 44.1 Å². The predicted octanol–water partition coefficient (Wildman–Crippen LogP) is 3.89. The molecule has 0 amide bonds. The highest BCUT2D eigenvalue weighted by Crippen LogP contribution is 2.42. The molecule has 2 fully saturated rings. The second kappa shape index (κ2) is 5.28. The third kappa shape index (κ3) is 2.57. The Balaban J connectivity index is 1.44. The van der Waals surface area contributed by atoms with Gasteiger partial charge in [0.1, 0.15) is 0 Å². The van der Waals surface area contributed by atoms with E-state index < -0.39 is 0 Å². The summed E-state index contributed by atoms with van der Waals surface area (Å²) in [6, 6.07) is 0. The van der Waals surface area contributed by atoms with Crippen molar-refractivity contribution in [2.45, 2.75) is 82.5 Å². The van der Waals surface area contributed by atoms with Crippen molar-refractivity contribution in [1.82, 2.24) is 4.57 Å². The van der Waals surface area contributed by atoms with Crippen molar-refractivity contribution in [2.24, 2.45) is 0 Å². The summed E-state index contributed by atoms with van der Waals surface area (Å²) in [6.07, 6.45) is 16.3. The second-order valence-corrected chi connectivity index (χ2v) is 7.19. The smallest absolute Gasteiger partial charge is 0.164 e. The number of fused-ring (bicyclic) bond motifs is 1. The molecule has 0 radical (unpaired) electrons. The van der Waals surface area contributed by atoms with Gasteiger partial charge < -0.3 is 9.30 Å². The van der Waals surface area contributed by atoms with E-state index in [-0.39, 0.29) is 5.60 Å². The molecule has 3 aliphatic rings. The highest BCUT2D eigenvalue weighted by molar-refractivity contribution is 5.98. The topological polar surface area (TPSA) is 31.2 Å². The Bertz CT molecular complexity index is 539. The molecule has 3 nitrogen and oxygen atoms in total. The Hall–Kier alpha value is -1.09. The number of carbonyl (C=O) groups excluding carboxylic acids is 1. The van der Waals surface area contributed by atoms with Crippen LogP contribution in [0.4, 0.5) is 0 Å². The van der Waals surface area contributed by atoms with Gasteiger partial charge >= 0.3 is 0 Å². The van der Waals surface area contributed by atoms with Crippen LogP contribution in [-0.4, -0.2) is 22.1 Å². The quantitative estimate of drug-likeness (QED) is 0.826. The number of ketones is 1. The first-order valence-corrected chi connectivity index (χ1v) is 8.64. The minimum atomic E-state index is 0.200. The summed E-state index contributed by atoms with van der Waals surface area (Å²) in [6.45, 7) is 0.919. The molecule has 21 heavy (non-hydrogen) atoms. The molecule has 0 N–H and O–H groups in total. The lowest BCUT2D eigenvalue weighted by Crippen LogP contribution is -2.32. The van der Waals surface area contributed by atoms with E-state index in [1.807, 2.05) is 0 Å². The van der Waals surface area contributed by atoms with Crippen LogP contribution in [0.3, 0.4) is 0 Å². The van der Waals surface area contributed by atoms with E-state index in [0.29, 0.717) is 11.9 Å². The first-order chi connectivity index (χ1) is 10.2. The lowest BCUT2D eigenvalue weighted by Gasteiger charge is -2.33. The number of ether oxygens (including phenoxy) is 1. The van der Waals surface area contributed by atoms with Gasteiger partial charge in [0.2, 0.25) is 0 Å². The summed E-state index contributed by atoms with van der Waals surface area (Å²) in [5.74, 6) is 0.325. The summed E-state index contributed by atoms with van der Waals surface area (Å²) in [5.41, 5.74) is 2.41. The van der Waals surface area contributed by atoms with E-state index in [1.54, 1.807) is 0 Å². The Morgan fingerprint density at radius 3 is 2.76 bits per heavy atom. The number of carbonyl (C=O) groups is 1. The fourth-order valence-electron chi connectivity index (χ4n) is 4.51. The Labute approximate surface area is 126 Å². The second-order valence-electron chi connectivity index (χ2n) is 7.19. The average Bonchev–Trinajstić information content (AvgIpc) is 3.06. The first-order valence-electron chi connectivity index (χ1n) is 8.64. The fraction of sp³-hybridized carbons (Fsp3) is 0.722. The van der Waals surface area contributed by atoms with Gasteiger partial charge in [-0.2, -0.15) is 0 Å². The number of hydrogen-bond donors (Lipinski definition) is 0. The molecule has 0 aromatic carbocycles. The third-order valence-corrected chi connectivity index (χ3v) is 5.63. The number of aromatic nitrogens is 1. The van der Waals surface area contributed by atoms with E-state index in [4.69, 9.17) is 4.74 Å². The van der Waals surface area contributed by atoms with E-state index in [0.717, 1.165) is 31.4 Å². The van der Waals surface area contributed by atoms with Gasteiger partial charge in [-0.3, -0.25) is 4.79 Å². The maximum absolute atomic E-state index is 11.9. The summed E-state index contributed by atoms with van der Waals surface area (Å²) in [4.78, 5) is 11.9. The molecule has 2 aliphatic carbocycles. The van der Waals surface area contributed by atoms with Crippen LogP contribution in [0.5, 0.6) is 0 Å². The molecule has 114 valence electrons. The van der Waals surface area contributed by atoms with Crippen molar-refractivity contribution in [3.8, 4) is 0 Å². The van der Waals surface area contributed by atoms with Crippen LogP contribution in [0.15, 0.2) is 12.4 Å². The van der Waals surface area contributed by atoms with Gasteiger partial charge in [0, 0.05) is 30.9 Å². The van der Waals surface area contributed by atoms with Crippen molar-refractivity contribution in [1.29, 1.82) is 0 Å². The Kier molecular flexibility index (Phi) is 3.41. The van der Waals surface area contributed by atoms with Crippen LogP contribution in [0.2, 0.25) is 0 Å².